The van der Waals surface area contributed by atoms with Gasteiger partial charge < -0.3 is 15.9 Å². The van der Waals surface area contributed by atoms with Gasteiger partial charge in [0.2, 0.25) is 0 Å². The summed E-state index contributed by atoms with van der Waals surface area (Å²) in [7, 11) is 1.48. The van der Waals surface area contributed by atoms with Gasteiger partial charge in [-0.05, 0) is 48.6 Å². The molecule has 166 valence electrons. The fraction of sp³-hybridized carbons (Fsp3) is 0.273. The fourth-order valence-electron chi connectivity index (χ4n) is 3.66. The first-order valence-electron chi connectivity index (χ1n) is 10.2. The summed E-state index contributed by atoms with van der Waals surface area (Å²) < 4.78 is 22.3. The van der Waals surface area contributed by atoms with E-state index in [1.807, 2.05) is 6.08 Å². The van der Waals surface area contributed by atoms with Crippen molar-refractivity contribution >= 4 is 11.5 Å². The highest BCUT2D eigenvalue weighted by Crippen LogP contribution is 2.25. The Morgan fingerprint density at radius 3 is 2.88 bits per heavy atom. The Morgan fingerprint density at radius 2 is 2.22 bits per heavy atom. The van der Waals surface area contributed by atoms with Crippen LogP contribution in [0.25, 0.3) is 11.3 Å². The molecule has 10 heteroatoms. The van der Waals surface area contributed by atoms with Gasteiger partial charge in [0.1, 0.15) is 17.2 Å². The molecule has 3 N–H and O–H groups in total. The average Bonchev–Trinajstić information content (AvgIpc) is 3.49. The largest absolute Gasteiger partial charge is 0.382 e. The average molecular weight is 438 g/mol. The highest BCUT2D eigenvalue weighted by atomic mass is 19.1. The van der Waals surface area contributed by atoms with E-state index in [4.69, 9.17) is 10.6 Å². The third-order valence-corrected chi connectivity index (χ3v) is 5.28. The molecule has 1 atom stereocenters. The van der Waals surface area contributed by atoms with Gasteiger partial charge in [-0.2, -0.15) is 5.10 Å². The topological polar surface area (TPSA) is 117 Å². The number of carbonyl (C=O) groups excluding carboxylic acids is 1. The number of nitrogen functional groups attached to an aromatic ring is 1. The van der Waals surface area contributed by atoms with Gasteiger partial charge in [-0.3, -0.25) is 9.59 Å². The number of halogens is 1. The lowest BCUT2D eigenvalue weighted by atomic mass is 10.1. The number of hydrogen-bond donors (Lipinski definition) is 2. The monoisotopic (exact) mass is 438 g/mol. The van der Waals surface area contributed by atoms with Crippen molar-refractivity contribution in [3.63, 3.8) is 0 Å². The van der Waals surface area contributed by atoms with Crippen molar-refractivity contribution in [2.75, 3.05) is 19.6 Å². The molecule has 1 aromatic carbocycles. The van der Waals surface area contributed by atoms with Gasteiger partial charge in [0.25, 0.3) is 11.5 Å². The summed E-state index contributed by atoms with van der Waals surface area (Å²) in [6, 6.07) is 6.69. The van der Waals surface area contributed by atoms with E-state index >= 15 is 0 Å². The van der Waals surface area contributed by atoms with Crippen molar-refractivity contribution in [3.8, 4) is 5.69 Å². The molecule has 4 rings (SSSR count). The highest BCUT2D eigenvalue weighted by molar-refractivity contribution is 5.92. The Bertz CT molecular complexity index is 1220. The quantitative estimate of drug-likeness (QED) is 0.545. The van der Waals surface area contributed by atoms with Crippen LogP contribution in [0.1, 0.15) is 47.2 Å². The van der Waals surface area contributed by atoms with Crippen LogP contribution in [0.3, 0.4) is 0 Å². The molecule has 1 unspecified atom stereocenters. The van der Waals surface area contributed by atoms with Crippen molar-refractivity contribution in [3.05, 3.63) is 82.1 Å². The Kier molecular flexibility index (Phi) is 6.13. The molecule has 1 aliphatic rings. The van der Waals surface area contributed by atoms with E-state index in [-0.39, 0.29) is 23.8 Å². The minimum atomic E-state index is -0.662. The zero-order chi connectivity index (χ0) is 22.7. The van der Waals surface area contributed by atoms with Crippen LogP contribution in [0.5, 0.6) is 0 Å². The third-order valence-electron chi connectivity index (χ3n) is 5.28. The Morgan fingerprint density at radius 1 is 1.38 bits per heavy atom. The molecule has 0 saturated heterocycles. The van der Waals surface area contributed by atoms with Crippen molar-refractivity contribution in [2.45, 2.75) is 25.3 Å². The fourth-order valence-corrected chi connectivity index (χ4v) is 3.66. The molecule has 0 bridgehead atoms. The number of nitrogens with one attached hydrogen (secondary N) is 1. The lowest BCUT2D eigenvalue weighted by Crippen LogP contribution is -2.36. The Labute approximate surface area is 183 Å². The molecular weight excluding hydrogens is 415 g/mol. The van der Waals surface area contributed by atoms with Crippen LogP contribution >= 0.6 is 0 Å². The molecule has 0 aliphatic heterocycles. The number of methoxy groups -OCH3 is 1. The molecule has 32 heavy (non-hydrogen) atoms. The summed E-state index contributed by atoms with van der Waals surface area (Å²) in [6.45, 7) is 0.0955. The molecule has 9 nitrogen and oxygen atoms in total. The molecule has 0 radical (unpaired) electrons. The van der Waals surface area contributed by atoms with Crippen molar-refractivity contribution in [1.29, 1.82) is 0 Å². The van der Waals surface area contributed by atoms with Crippen LogP contribution in [-0.4, -0.2) is 39.1 Å². The first kappa shape index (κ1) is 21.4. The maximum absolute atomic E-state index is 14.7. The van der Waals surface area contributed by atoms with Crippen molar-refractivity contribution < 1.29 is 13.9 Å². The van der Waals surface area contributed by atoms with Crippen LogP contribution in [0.2, 0.25) is 0 Å². The van der Waals surface area contributed by atoms with Crippen LogP contribution < -0.4 is 16.7 Å². The summed E-state index contributed by atoms with van der Waals surface area (Å²) in [5.74, 6) is 5.04. The number of amides is 1. The Balaban J connectivity index is 1.60. The SMILES string of the molecule is COCC(NC(=O)c1cc(=O)n(N)c(C2=CCCC2)n1)c1ccc(-n2cccn2)c(F)c1. The number of rotatable bonds is 7. The number of hydrogen-bond acceptors (Lipinski definition) is 6. The number of aromatic nitrogens is 4. The van der Waals surface area contributed by atoms with Gasteiger partial charge in [-0.15, -0.1) is 0 Å². The molecule has 1 amide bonds. The van der Waals surface area contributed by atoms with E-state index in [1.165, 1.54) is 17.9 Å². The van der Waals surface area contributed by atoms with E-state index in [2.05, 4.69) is 15.4 Å². The lowest BCUT2D eigenvalue weighted by Gasteiger charge is -2.19. The minimum Gasteiger partial charge on any atom is -0.382 e. The van der Waals surface area contributed by atoms with E-state index in [9.17, 15) is 14.0 Å². The number of ether oxygens (including phenoxy) is 1. The summed E-state index contributed by atoms with van der Waals surface area (Å²) in [4.78, 5) is 29.6. The second-order valence-electron chi connectivity index (χ2n) is 7.44. The molecular formula is C22H23FN6O3. The Hall–Kier alpha value is -3.79. The van der Waals surface area contributed by atoms with Crippen LogP contribution in [0.15, 0.2) is 53.6 Å². The van der Waals surface area contributed by atoms with Gasteiger partial charge in [-0.1, -0.05) is 12.1 Å². The molecule has 0 spiro atoms. The van der Waals surface area contributed by atoms with Crippen LogP contribution in [0.4, 0.5) is 4.39 Å². The number of benzene rings is 1. The zero-order valence-electron chi connectivity index (χ0n) is 17.5. The van der Waals surface area contributed by atoms with Crippen molar-refractivity contribution in [1.82, 2.24) is 24.8 Å². The smallest absolute Gasteiger partial charge is 0.272 e. The van der Waals surface area contributed by atoms with Gasteiger partial charge in [-0.25, -0.2) is 18.7 Å². The number of carbonyl (C=O) groups is 1. The van der Waals surface area contributed by atoms with Gasteiger partial charge in [0.15, 0.2) is 5.82 Å². The second-order valence-corrected chi connectivity index (χ2v) is 7.44. The van der Waals surface area contributed by atoms with Gasteiger partial charge in [0, 0.05) is 25.6 Å². The van der Waals surface area contributed by atoms with E-state index in [0.717, 1.165) is 35.6 Å². The summed E-state index contributed by atoms with van der Waals surface area (Å²) >= 11 is 0. The normalized spacial score (nSPS) is 14.2. The zero-order valence-corrected chi connectivity index (χ0v) is 17.5. The summed E-state index contributed by atoms with van der Waals surface area (Å²) in [5, 5.41) is 6.80. The molecule has 0 fully saturated rings. The highest BCUT2D eigenvalue weighted by Gasteiger charge is 2.21. The summed E-state index contributed by atoms with van der Waals surface area (Å²) in [6.07, 6.45) is 7.71. The molecule has 2 aromatic heterocycles. The minimum absolute atomic E-state index is 0.0609. The predicted molar refractivity (Wildman–Crippen MR) is 116 cm³/mol. The standard InChI is InChI=1S/C22H23FN6O3/c1-32-13-18(15-7-8-19(16(23)11-15)28-10-4-9-25-28)27-22(31)17-12-20(30)29(24)21(26-17)14-5-2-3-6-14/h4-5,7-12,18H,2-3,6,13,24H2,1H3,(H,27,31). The second kappa shape index (κ2) is 9.15. The van der Waals surface area contributed by atoms with E-state index in [0.29, 0.717) is 5.56 Å². The van der Waals surface area contributed by atoms with Crippen LogP contribution in [0, 0.1) is 5.82 Å². The summed E-state index contributed by atoms with van der Waals surface area (Å²) in [5.41, 5.74) is 1.02. The number of nitrogens with two attached hydrogens (primary N) is 1. The first-order chi connectivity index (χ1) is 15.5. The maximum Gasteiger partial charge on any atom is 0.272 e. The predicted octanol–water partition coefficient (Wildman–Crippen LogP) is 1.97. The van der Waals surface area contributed by atoms with Gasteiger partial charge >= 0.3 is 0 Å². The molecule has 2 heterocycles. The molecule has 0 saturated carbocycles. The van der Waals surface area contributed by atoms with Crippen molar-refractivity contribution in [2.24, 2.45) is 0 Å². The number of nitrogens with zero attached hydrogens (tertiary/aromatic N) is 4. The van der Waals surface area contributed by atoms with E-state index < -0.39 is 23.3 Å². The van der Waals surface area contributed by atoms with E-state index in [1.54, 1.807) is 30.6 Å². The third kappa shape index (κ3) is 4.30. The molecule has 3 aromatic rings. The number of allylic oxidation sites excluding steroid dienone is 2. The maximum atomic E-state index is 14.7. The van der Waals surface area contributed by atoms with Crippen LogP contribution in [-0.2, 0) is 4.74 Å². The first-order valence-corrected chi connectivity index (χ1v) is 10.2. The lowest BCUT2D eigenvalue weighted by molar-refractivity contribution is 0.0890. The molecule has 1 aliphatic carbocycles. The van der Waals surface area contributed by atoms with Gasteiger partial charge in [0.05, 0.1) is 12.6 Å².